The fourth-order valence-corrected chi connectivity index (χ4v) is 3.85. The first kappa shape index (κ1) is 22.8. The van der Waals surface area contributed by atoms with E-state index in [-0.39, 0.29) is 5.78 Å². The van der Waals surface area contributed by atoms with E-state index < -0.39 is 5.91 Å². The molecule has 4 aromatic carbocycles. The monoisotopic (exact) mass is 451 g/mol. The number of anilines is 1. The molecule has 0 radical (unpaired) electrons. The molecule has 0 aromatic heterocycles. The number of rotatable bonds is 7. The molecule has 4 aromatic rings. The first-order valence-electron chi connectivity index (χ1n) is 10.9. The van der Waals surface area contributed by atoms with E-state index in [4.69, 9.17) is 9.47 Å². The number of benzene rings is 4. The van der Waals surface area contributed by atoms with Gasteiger partial charge in [0, 0.05) is 11.1 Å². The average Bonchev–Trinajstić information content (AvgIpc) is 2.88. The predicted molar refractivity (Wildman–Crippen MR) is 134 cm³/mol. The van der Waals surface area contributed by atoms with Gasteiger partial charge in [0.2, 0.25) is 0 Å². The molecule has 4 rings (SSSR count). The Balaban J connectivity index is 1.79. The van der Waals surface area contributed by atoms with Crippen molar-refractivity contribution < 1.29 is 19.1 Å². The first-order chi connectivity index (χ1) is 16.5. The maximum atomic E-state index is 13.7. The van der Waals surface area contributed by atoms with Gasteiger partial charge in [-0.25, -0.2) is 0 Å². The maximum absolute atomic E-state index is 13.7. The van der Waals surface area contributed by atoms with Crippen LogP contribution in [0.5, 0.6) is 11.5 Å². The van der Waals surface area contributed by atoms with Gasteiger partial charge in [-0.2, -0.15) is 0 Å². The highest BCUT2D eigenvalue weighted by Crippen LogP contribution is 2.39. The number of amides is 1. The minimum Gasteiger partial charge on any atom is -0.493 e. The van der Waals surface area contributed by atoms with E-state index in [0.29, 0.717) is 39.4 Å². The lowest BCUT2D eigenvalue weighted by molar-refractivity contribution is 0.102. The molecule has 0 atom stereocenters. The number of methoxy groups -OCH3 is 2. The summed E-state index contributed by atoms with van der Waals surface area (Å²) in [6, 6.07) is 27.4. The van der Waals surface area contributed by atoms with Crippen molar-refractivity contribution in [2.45, 2.75) is 6.92 Å². The summed E-state index contributed by atoms with van der Waals surface area (Å²) in [5.41, 5.74) is 4.37. The Kier molecular flexibility index (Phi) is 6.74. The molecule has 0 bridgehead atoms. The average molecular weight is 452 g/mol. The fourth-order valence-electron chi connectivity index (χ4n) is 3.85. The van der Waals surface area contributed by atoms with Crippen molar-refractivity contribution >= 4 is 17.4 Å². The largest absolute Gasteiger partial charge is 0.493 e. The lowest BCUT2D eigenvalue weighted by atomic mass is 9.96. The lowest BCUT2D eigenvalue weighted by Gasteiger charge is -2.18. The molecule has 34 heavy (non-hydrogen) atoms. The van der Waals surface area contributed by atoms with E-state index >= 15 is 0 Å². The third kappa shape index (κ3) is 4.55. The zero-order chi connectivity index (χ0) is 24.1. The summed E-state index contributed by atoms with van der Waals surface area (Å²) in [5, 5.41) is 2.93. The summed E-state index contributed by atoms with van der Waals surface area (Å²) in [5.74, 6) is 0.189. The van der Waals surface area contributed by atoms with Gasteiger partial charge >= 0.3 is 0 Å². The van der Waals surface area contributed by atoms with Crippen molar-refractivity contribution in [3.05, 3.63) is 113 Å². The third-order valence-corrected chi connectivity index (χ3v) is 5.59. The van der Waals surface area contributed by atoms with E-state index in [0.717, 1.165) is 11.1 Å². The Morgan fingerprint density at radius 2 is 1.41 bits per heavy atom. The number of hydrogen-bond acceptors (Lipinski definition) is 4. The van der Waals surface area contributed by atoms with E-state index in [1.165, 1.54) is 14.2 Å². The van der Waals surface area contributed by atoms with Crippen molar-refractivity contribution in [1.29, 1.82) is 0 Å². The number of ether oxygens (including phenoxy) is 2. The summed E-state index contributed by atoms with van der Waals surface area (Å²) < 4.78 is 11.1. The summed E-state index contributed by atoms with van der Waals surface area (Å²) in [6.07, 6.45) is 0. The molecule has 5 heteroatoms. The zero-order valence-electron chi connectivity index (χ0n) is 19.3. The van der Waals surface area contributed by atoms with Gasteiger partial charge in [0.1, 0.15) is 0 Å². The molecule has 1 N–H and O–H groups in total. The zero-order valence-corrected chi connectivity index (χ0v) is 19.3. The van der Waals surface area contributed by atoms with Crippen LogP contribution in [-0.4, -0.2) is 25.9 Å². The molecule has 5 nitrogen and oxygen atoms in total. The standard InChI is InChI=1S/C29H25NO4/c1-19-13-15-20(16-14-19)22-17-18-25(33-2)28(34-3)26(22)29(32)30-24-12-8-7-11-23(24)27(31)21-9-5-4-6-10-21/h4-18H,1-3H3,(H,30,32). The minimum atomic E-state index is -0.403. The topological polar surface area (TPSA) is 64.6 Å². The number of carbonyl (C=O) groups is 2. The molecule has 0 saturated heterocycles. The van der Waals surface area contributed by atoms with Gasteiger partial charge in [-0.15, -0.1) is 0 Å². The second-order valence-electron chi connectivity index (χ2n) is 7.78. The Bertz CT molecular complexity index is 1330. The molecule has 0 aliphatic heterocycles. The van der Waals surface area contributed by atoms with Crippen LogP contribution in [0.4, 0.5) is 5.69 Å². The second kappa shape index (κ2) is 10.0. The van der Waals surface area contributed by atoms with Gasteiger partial charge < -0.3 is 14.8 Å². The molecule has 0 fully saturated rings. The molecule has 1 amide bonds. The highest BCUT2D eigenvalue weighted by Gasteiger charge is 2.24. The van der Waals surface area contributed by atoms with Crippen LogP contribution >= 0.6 is 0 Å². The summed E-state index contributed by atoms with van der Waals surface area (Å²) >= 11 is 0. The van der Waals surface area contributed by atoms with Gasteiger partial charge in [0.15, 0.2) is 17.3 Å². The molecule has 0 aliphatic carbocycles. The van der Waals surface area contributed by atoms with E-state index in [2.05, 4.69) is 5.32 Å². The predicted octanol–water partition coefficient (Wildman–Crippen LogP) is 6.16. The number of carbonyl (C=O) groups excluding carboxylic acids is 2. The maximum Gasteiger partial charge on any atom is 0.260 e. The van der Waals surface area contributed by atoms with Crippen molar-refractivity contribution in [2.75, 3.05) is 19.5 Å². The SMILES string of the molecule is COc1ccc(-c2ccc(C)cc2)c(C(=O)Nc2ccccc2C(=O)c2ccccc2)c1OC. The summed E-state index contributed by atoms with van der Waals surface area (Å²) in [6.45, 7) is 2.01. The van der Waals surface area contributed by atoms with Gasteiger partial charge in [-0.05, 0) is 42.3 Å². The van der Waals surface area contributed by atoms with Crippen molar-refractivity contribution in [1.82, 2.24) is 0 Å². The van der Waals surface area contributed by atoms with E-state index in [9.17, 15) is 9.59 Å². The molecule has 0 saturated carbocycles. The number of hydrogen-bond donors (Lipinski definition) is 1. The molecule has 170 valence electrons. The van der Waals surface area contributed by atoms with Crippen LogP contribution in [0, 0.1) is 6.92 Å². The number of para-hydroxylation sites is 1. The second-order valence-corrected chi connectivity index (χ2v) is 7.78. The number of ketones is 1. The van der Waals surface area contributed by atoms with Crippen molar-refractivity contribution in [3.63, 3.8) is 0 Å². The molecular weight excluding hydrogens is 426 g/mol. The van der Waals surface area contributed by atoms with Crippen LogP contribution in [-0.2, 0) is 0 Å². The lowest BCUT2D eigenvalue weighted by Crippen LogP contribution is -2.17. The van der Waals surface area contributed by atoms with E-state index in [1.807, 2.05) is 55.5 Å². The number of aryl methyl sites for hydroxylation is 1. The highest BCUT2D eigenvalue weighted by atomic mass is 16.5. The quantitative estimate of drug-likeness (QED) is 0.342. The highest BCUT2D eigenvalue weighted by molar-refractivity contribution is 6.17. The molecule has 0 unspecified atom stereocenters. The molecule has 0 spiro atoms. The van der Waals surface area contributed by atoms with Gasteiger partial charge in [-0.3, -0.25) is 9.59 Å². The molecule has 0 heterocycles. The van der Waals surface area contributed by atoms with Crippen LogP contribution < -0.4 is 14.8 Å². The number of nitrogens with one attached hydrogen (secondary N) is 1. The van der Waals surface area contributed by atoms with Crippen LogP contribution in [0.3, 0.4) is 0 Å². The third-order valence-electron chi connectivity index (χ3n) is 5.59. The normalized spacial score (nSPS) is 10.4. The summed E-state index contributed by atoms with van der Waals surface area (Å²) in [7, 11) is 3.03. The van der Waals surface area contributed by atoms with Gasteiger partial charge in [0.25, 0.3) is 5.91 Å². The Hall–Kier alpha value is -4.38. The van der Waals surface area contributed by atoms with Gasteiger partial charge in [-0.1, -0.05) is 72.3 Å². The Morgan fingerprint density at radius 3 is 2.09 bits per heavy atom. The van der Waals surface area contributed by atoms with Crippen molar-refractivity contribution in [3.8, 4) is 22.6 Å². The van der Waals surface area contributed by atoms with Crippen LogP contribution in [0.15, 0.2) is 91.0 Å². The van der Waals surface area contributed by atoms with Crippen LogP contribution in [0.2, 0.25) is 0 Å². The van der Waals surface area contributed by atoms with Crippen LogP contribution in [0.25, 0.3) is 11.1 Å². The smallest absolute Gasteiger partial charge is 0.260 e. The Morgan fingerprint density at radius 1 is 0.735 bits per heavy atom. The first-order valence-corrected chi connectivity index (χ1v) is 10.9. The van der Waals surface area contributed by atoms with Crippen molar-refractivity contribution in [2.24, 2.45) is 0 Å². The molecular formula is C29H25NO4. The van der Waals surface area contributed by atoms with Gasteiger partial charge in [0.05, 0.1) is 25.5 Å². The Labute approximate surface area is 199 Å². The van der Waals surface area contributed by atoms with Crippen LogP contribution in [0.1, 0.15) is 31.8 Å². The summed E-state index contributed by atoms with van der Waals surface area (Å²) in [4.78, 5) is 26.8. The van der Waals surface area contributed by atoms with E-state index in [1.54, 1.807) is 42.5 Å². The fraction of sp³-hybridized carbons (Fsp3) is 0.103. The molecule has 0 aliphatic rings. The minimum absolute atomic E-state index is 0.173.